The highest BCUT2D eigenvalue weighted by molar-refractivity contribution is 5.71. The molecule has 26 heavy (non-hydrogen) atoms. The Morgan fingerprint density at radius 3 is 2.35 bits per heavy atom. The van der Waals surface area contributed by atoms with Crippen molar-refractivity contribution in [3.63, 3.8) is 0 Å². The van der Waals surface area contributed by atoms with Gasteiger partial charge in [0.15, 0.2) is 0 Å². The molecule has 0 fully saturated rings. The van der Waals surface area contributed by atoms with E-state index in [2.05, 4.69) is 5.32 Å². The summed E-state index contributed by atoms with van der Waals surface area (Å²) in [6.45, 7) is 4.39. The quantitative estimate of drug-likeness (QED) is 0.861. The third kappa shape index (κ3) is 3.40. The van der Waals surface area contributed by atoms with E-state index in [0.717, 1.165) is 16.7 Å². The number of amides is 1. The average Bonchev–Trinajstić information content (AvgIpc) is 2.63. The topological polar surface area (TPSA) is 77.0 Å². The Balaban J connectivity index is 2.03. The monoisotopic (exact) mass is 357 g/mol. The third-order valence-electron chi connectivity index (χ3n) is 4.66. The zero-order valence-electron chi connectivity index (χ0n) is 15.3. The van der Waals surface area contributed by atoms with Crippen molar-refractivity contribution in [2.24, 2.45) is 5.41 Å². The van der Waals surface area contributed by atoms with Crippen LogP contribution in [0.1, 0.15) is 25.5 Å². The molecule has 1 heterocycles. The Labute approximate surface area is 152 Å². The van der Waals surface area contributed by atoms with Gasteiger partial charge in [0.05, 0.1) is 26.9 Å². The van der Waals surface area contributed by atoms with Gasteiger partial charge < -0.3 is 24.6 Å². The highest BCUT2D eigenvalue weighted by atomic mass is 16.5. The van der Waals surface area contributed by atoms with E-state index in [0.29, 0.717) is 23.9 Å². The molecule has 1 unspecified atom stereocenters. The number of rotatable bonds is 4. The van der Waals surface area contributed by atoms with Crippen molar-refractivity contribution in [3.8, 4) is 28.4 Å². The smallest absolute Gasteiger partial charge is 0.405 e. The summed E-state index contributed by atoms with van der Waals surface area (Å²) in [6.07, 6.45) is -1.04. The minimum Gasteiger partial charge on any atom is -0.497 e. The van der Waals surface area contributed by atoms with Crippen LogP contribution in [0.2, 0.25) is 0 Å². The van der Waals surface area contributed by atoms with Crippen LogP contribution in [0.25, 0.3) is 11.1 Å². The number of benzene rings is 2. The number of carboxylic acid groups (broad SMARTS) is 1. The molecule has 6 heteroatoms. The molecule has 1 atom stereocenters. The highest BCUT2D eigenvalue weighted by Crippen LogP contribution is 2.44. The standard InChI is InChI=1S/C20H23NO5/c1-20(2)11-26-17-9-12(5-6-16(17)18(20)21-19(22)23)13-7-14(24-3)10-15(8-13)25-4/h5-10,18,21H,11H2,1-4H3,(H,22,23). The second-order valence-corrected chi connectivity index (χ2v) is 7.01. The zero-order valence-corrected chi connectivity index (χ0v) is 15.3. The Bertz CT molecular complexity index is 809. The van der Waals surface area contributed by atoms with E-state index < -0.39 is 6.09 Å². The molecule has 2 N–H and O–H groups in total. The summed E-state index contributed by atoms with van der Waals surface area (Å²) in [5.41, 5.74) is 2.36. The van der Waals surface area contributed by atoms with Crippen LogP contribution >= 0.6 is 0 Å². The lowest BCUT2D eigenvalue weighted by atomic mass is 9.78. The van der Waals surface area contributed by atoms with Crippen LogP contribution in [-0.4, -0.2) is 32.0 Å². The highest BCUT2D eigenvalue weighted by Gasteiger charge is 2.38. The van der Waals surface area contributed by atoms with Gasteiger partial charge in [-0.25, -0.2) is 4.79 Å². The van der Waals surface area contributed by atoms with Gasteiger partial charge in [-0.15, -0.1) is 0 Å². The van der Waals surface area contributed by atoms with Gasteiger partial charge in [0.2, 0.25) is 0 Å². The molecule has 2 aromatic rings. The molecule has 1 aliphatic rings. The molecule has 0 spiro atoms. The first-order valence-electron chi connectivity index (χ1n) is 8.33. The fraction of sp³-hybridized carbons (Fsp3) is 0.350. The van der Waals surface area contributed by atoms with E-state index in [1.165, 1.54) is 0 Å². The lowest BCUT2D eigenvalue weighted by Gasteiger charge is -2.39. The number of hydrogen-bond acceptors (Lipinski definition) is 4. The van der Waals surface area contributed by atoms with E-state index in [9.17, 15) is 9.90 Å². The van der Waals surface area contributed by atoms with Crippen LogP contribution < -0.4 is 19.5 Å². The third-order valence-corrected chi connectivity index (χ3v) is 4.66. The van der Waals surface area contributed by atoms with Crippen LogP contribution in [0.5, 0.6) is 17.2 Å². The first-order chi connectivity index (χ1) is 12.3. The summed E-state index contributed by atoms with van der Waals surface area (Å²) in [5, 5.41) is 11.8. The van der Waals surface area contributed by atoms with Gasteiger partial charge in [0.25, 0.3) is 0 Å². The Hall–Kier alpha value is -2.89. The average molecular weight is 357 g/mol. The maximum Gasteiger partial charge on any atom is 0.405 e. The molecular weight excluding hydrogens is 334 g/mol. The molecule has 6 nitrogen and oxygen atoms in total. The molecule has 1 aliphatic heterocycles. The normalized spacial score (nSPS) is 17.6. The number of carbonyl (C=O) groups is 1. The van der Waals surface area contributed by atoms with Crippen LogP contribution in [0.3, 0.4) is 0 Å². The van der Waals surface area contributed by atoms with Crippen molar-refractivity contribution in [1.29, 1.82) is 0 Å². The summed E-state index contributed by atoms with van der Waals surface area (Å²) in [4.78, 5) is 11.2. The second-order valence-electron chi connectivity index (χ2n) is 7.01. The minimum absolute atomic E-state index is 0.336. The van der Waals surface area contributed by atoms with Gasteiger partial charge in [-0.3, -0.25) is 0 Å². The van der Waals surface area contributed by atoms with E-state index in [1.807, 2.05) is 50.2 Å². The van der Waals surface area contributed by atoms with E-state index in [-0.39, 0.29) is 11.5 Å². The van der Waals surface area contributed by atoms with Crippen LogP contribution in [0, 0.1) is 5.41 Å². The Kier molecular flexibility index (Phi) is 4.68. The van der Waals surface area contributed by atoms with Crippen LogP contribution in [-0.2, 0) is 0 Å². The number of fused-ring (bicyclic) bond motifs is 1. The number of hydrogen-bond donors (Lipinski definition) is 2. The van der Waals surface area contributed by atoms with Crippen molar-refractivity contribution in [1.82, 2.24) is 5.32 Å². The lowest BCUT2D eigenvalue weighted by molar-refractivity contribution is 0.0996. The van der Waals surface area contributed by atoms with Gasteiger partial charge in [0.1, 0.15) is 17.2 Å². The Morgan fingerprint density at radius 1 is 1.12 bits per heavy atom. The van der Waals surface area contributed by atoms with Crippen molar-refractivity contribution < 1.29 is 24.1 Å². The van der Waals surface area contributed by atoms with Crippen molar-refractivity contribution in [3.05, 3.63) is 42.0 Å². The first kappa shape index (κ1) is 17.9. The molecule has 0 aromatic heterocycles. The molecule has 138 valence electrons. The predicted octanol–water partition coefficient (Wildman–Crippen LogP) is 4.10. The minimum atomic E-state index is -1.04. The molecule has 0 radical (unpaired) electrons. The van der Waals surface area contributed by atoms with Gasteiger partial charge in [-0.05, 0) is 29.3 Å². The predicted molar refractivity (Wildman–Crippen MR) is 98.2 cm³/mol. The van der Waals surface area contributed by atoms with Gasteiger partial charge in [0, 0.05) is 17.0 Å². The maximum atomic E-state index is 11.2. The number of methoxy groups -OCH3 is 2. The van der Waals surface area contributed by atoms with Gasteiger partial charge in [-0.1, -0.05) is 26.0 Å². The maximum absolute atomic E-state index is 11.2. The Morgan fingerprint density at radius 2 is 1.77 bits per heavy atom. The first-order valence-corrected chi connectivity index (χ1v) is 8.33. The molecule has 2 aromatic carbocycles. The summed E-state index contributed by atoms with van der Waals surface area (Å²) < 4.78 is 16.6. The number of nitrogens with one attached hydrogen (secondary N) is 1. The van der Waals surface area contributed by atoms with E-state index in [1.54, 1.807) is 14.2 Å². The fourth-order valence-electron chi connectivity index (χ4n) is 3.22. The van der Waals surface area contributed by atoms with E-state index in [4.69, 9.17) is 14.2 Å². The van der Waals surface area contributed by atoms with E-state index >= 15 is 0 Å². The van der Waals surface area contributed by atoms with Crippen molar-refractivity contribution >= 4 is 6.09 Å². The molecule has 1 amide bonds. The largest absolute Gasteiger partial charge is 0.497 e. The molecule has 0 bridgehead atoms. The van der Waals surface area contributed by atoms with Crippen LogP contribution in [0.4, 0.5) is 4.79 Å². The zero-order chi connectivity index (χ0) is 18.9. The summed E-state index contributed by atoms with van der Waals surface area (Å²) >= 11 is 0. The number of ether oxygens (including phenoxy) is 3. The molecular formula is C20H23NO5. The SMILES string of the molecule is COc1cc(OC)cc(-c2ccc3c(c2)OCC(C)(C)C3NC(=O)O)c1. The lowest BCUT2D eigenvalue weighted by Crippen LogP contribution is -2.43. The summed E-state index contributed by atoms with van der Waals surface area (Å²) in [7, 11) is 3.22. The van der Waals surface area contributed by atoms with Crippen molar-refractivity contribution in [2.45, 2.75) is 19.9 Å². The summed E-state index contributed by atoms with van der Waals surface area (Å²) in [6, 6.07) is 11.1. The molecule has 0 saturated carbocycles. The molecule has 0 saturated heterocycles. The van der Waals surface area contributed by atoms with Gasteiger partial charge >= 0.3 is 6.09 Å². The van der Waals surface area contributed by atoms with Crippen molar-refractivity contribution in [2.75, 3.05) is 20.8 Å². The second kappa shape index (κ2) is 6.78. The summed E-state index contributed by atoms with van der Waals surface area (Å²) in [5.74, 6) is 2.08. The molecule has 3 rings (SSSR count). The van der Waals surface area contributed by atoms with Crippen LogP contribution in [0.15, 0.2) is 36.4 Å². The molecule has 0 aliphatic carbocycles. The van der Waals surface area contributed by atoms with Gasteiger partial charge in [-0.2, -0.15) is 0 Å². The fourth-order valence-corrected chi connectivity index (χ4v) is 3.22.